The molecule has 2 rings (SSSR count). The lowest BCUT2D eigenvalue weighted by molar-refractivity contribution is 0.00849. The first-order valence-electron chi connectivity index (χ1n) is 7.31. The number of aliphatic hydroxyl groups is 1. The van der Waals surface area contributed by atoms with Crippen LogP contribution in [0.3, 0.4) is 0 Å². The Morgan fingerprint density at radius 1 is 1.05 bits per heavy atom. The summed E-state index contributed by atoms with van der Waals surface area (Å²) >= 11 is 5.91. The highest BCUT2D eigenvalue weighted by Crippen LogP contribution is 2.43. The topological polar surface area (TPSA) is 46.2 Å². The van der Waals surface area contributed by atoms with Gasteiger partial charge in [0.05, 0.1) is 6.10 Å². The predicted molar refractivity (Wildman–Crippen MR) is 80.2 cm³/mol. The Morgan fingerprint density at radius 2 is 1.58 bits per heavy atom. The minimum atomic E-state index is -0.479. The molecular weight excluding hydrogens is 258 g/mol. The van der Waals surface area contributed by atoms with Gasteiger partial charge in [0.25, 0.3) is 0 Å². The molecule has 0 amide bonds. The zero-order chi connectivity index (χ0) is 13.7. The Morgan fingerprint density at radius 3 is 2.11 bits per heavy atom. The molecule has 1 atom stereocenters. The number of halogens is 1. The fourth-order valence-electron chi connectivity index (χ4n) is 3.20. The molecule has 3 N–H and O–H groups in total. The summed E-state index contributed by atoms with van der Waals surface area (Å²) in [6, 6.07) is 7.52. The third-order valence-electron chi connectivity index (χ3n) is 4.52. The molecule has 1 fully saturated rings. The van der Waals surface area contributed by atoms with Gasteiger partial charge in [-0.05, 0) is 30.5 Å². The molecule has 1 unspecified atom stereocenters. The van der Waals surface area contributed by atoms with Gasteiger partial charge in [0.15, 0.2) is 0 Å². The number of aliphatic hydroxyl groups excluding tert-OH is 1. The van der Waals surface area contributed by atoms with Crippen molar-refractivity contribution in [1.29, 1.82) is 0 Å². The van der Waals surface area contributed by atoms with Crippen molar-refractivity contribution in [3.8, 4) is 0 Å². The highest BCUT2D eigenvalue weighted by molar-refractivity contribution is 6.30. The molecule has 0 bridgehead atoms. The largest absolute Gasteiger partial charge is 0.388 e. The first kappa shape index (κ1) is 14.8. The maximum absolute atomic E-state index is 10.8. The van der Waals surface area contributed by atoms with Gasteiger partial charge in [-0.2, -0.15) is 0 Å². The maximum Gasteiger partial charge on any atom is 0.0858 e. The van der Waals surface area contributed by atoms with Crippen LogP contribution < -0.4 is 5.73 Å². The summed E-state index contributed by atoms with van der Waals surface area (Å²) < 4.78 is 0. The smallest absolute Gasteiger partial charge is 0.0858 e. The van der Waals surface area contributed by atoms with Crippen LogP contribution in [0, 0.1) is 5.41 Å². The Kier molecular flexibility index (Phi) is 5.26. The summed E-state index contributed by atoms with van der Waals surface area (Å²) in [6.45, 7) is 0.552. The van der Waals surface area contributed by atoms with Crippen LogP contribution in [-0.4, -0.2) is 11.7 Å². The highest BCUT2D eigenvalue weighted by atomic mass is 35.5. The van der Waals surface area contributed by atoms with E-state index in [0.29, 0.717) is 11.6 Å². The van der Waals surface area contributed by atoms with Crippen molar-refractivity contribution in [1.82, 2.24) is 0 Å². The van der Waals surface area contributed by atoms with Crippen LogP contribution >= 0.6 is 11.6 Å². The molecule has 1 aromatic rings. The monoisotopic (exact) mass is 281 g/mol. The number of hydrogen-bond acceptors (Lipinski definition) is 2. The lowest BCUT2D eigenvalue weighted by atomic mass is 9.70. The molecule has 1 aliphatic carbocycles. The number of hydrogen-bond donors (Lipinski definition) is 2. The number of rotatable bonds is 3. The van der Waals surface area contributed by atoms with Gasteiger partial charge in [-0.25, -0.2) is 0 Å². The quantitative estimate of drug-likeness (QED) is 0.877. The molecule has 1 saturated carbocycles. The Labute approximate surface area is 121 Å². The van der Waals surface area contributed by atoms with E-state index in [-0.39, 0.29) is 5.41 Å². The zero-order valence-electron chi connectivity index (χ0n) is 11.4. The molecular formula is C16H24ClNO. The van der Waals surface area contributed by atoms with E-state index in [9.17, 15) is 5.11 Å². The fraction of sp³-hybridized carbons (Fsp3) is 0.625. The number of benzene rings is 1. The molecule has 0 radical (unpaired) electrons. The van der Waals surface area contributed by atoms with Gasteiger partial charge >= 0.3 is 0 Å². The van der Waals surface area contributed by atoms with Crippen LogP contribution in [0.15, 0.2) is 24.3 Å². The molecule has 0 saturated heterocycles. The first-order chi connectivity index (χ1) is 9.18. The Hall–Kier alpha value is -0.570. The number of nitrogens with two attached hydrogens (primary N) is 1. The van der Waals surface area contributed by atoms with Crippen LogP contribution in [0.5, 0.6) is 0 Å². The Balaban J connectivity index is 2.20. The van der Waals surface area contributed by atoms with Crippen LogP contribution in [0.4, 0.5) is 0 Å². The van der Waals surface area contributed by atoms with Crippen molar-refractivity contribution in [2.24, 2.45) is 11.1 Å². The van der Waals surface area contributed by atoms with Gasteiger partial charge < -0.3 is 10.8 Å². The normalized spacial score (nSPS) is 21.4. The molecule has 1 aliphatic rings. The maximum atomic E-state index is 10.8. The minimum absolute atomic E-state index is 0.158. The van der Waals surface area contributed by atoms with Crippen LogP contribution in [-0.2, 0) is 0 Å². The molecule has 3 heteroatoms. The highest BCUT2D eigenvalue weighted by Gasteiger charge is 2.37. The van der Waals surface area contributed by atoms with Crippen molar-refractivity contribution < 1.29 is 5.11 Å². The molecule has 0 aliphatic heterocycles. The molecule has 0 spiro atoms. The lowest BCUT2D eigenvalue weighted by Crippen LogP contribution is -2.37. The molecule has 2 nitrogen and oxygen atoms in total. The van der Waals surface area contributed by atoms with E-state index in [1.165, 1.54) is 32.1 Å². The van der Waals surface area contributed by atoms with E-state index >= 15 is 0 Å². The Bertz CT molecular complexity index is 382. The average molecular weight is 282 g/mol. The third-order valence-corrected chi connectivity index (χ3v) is 4.77. The standard InChI is InChI=1S/C16H24ClNO/c17-14-8-6-13(7-9-14)15(19)16(12-18)10-4-2-1-3-5-11-16/h6-9,15,19H,1-5,10-12,18H2. The lowest BCUT2D eigenvalue weighted by Gasteiger charge is -2.39. The second kappa shape index (κ2) is 6.74. The van der Waals surface area contributed by atoms with Crippen molar-refractivity contribution >= 4 is 11.6 Å². The van der Waals surface area contributed by atoms with E-state index in [0.717, 1.165) is 18.4 Å². The summed E-state index contributed by atoms with van der Waals surface area (Å²) in [7, 11) is 0. The van der Waals surface area contributed by atoms with Crippen LogP contribution in [0.1, 0.15) is 56.6 Å². The molecule has 1 aromatic carbocycles. The van der Waals surface area contributed by atoms with Gasteiger partial charge in [-0.1, -0.05) is 55.8 Å². The SMILES string of the molecule is NCC1(C(O)c2ccc(Cl)cc2)CCCCCCC1. The molecule has 19 heavy (non-hydrogen) atoms. The van der Waals surface area contributed by atoms with Gasteiger partial charge in [0.1, 0.15) is 0 Å². The minimum Gasteiger partial charge on any atom is -0.388 e. The summed E-state index contributed by atoms with van der Waals surface area (Å²) in [6.07, 6.45) is 7.74. The van der Waals surface area contributed by atoms with E-state index in [1.54, 1.807) is 0 Å². The molecule has 0 aromatic heterocycles. The second-order valence-corrected chi connectivity index (χ2v) is 6.22. The zero-order valence-corrected chi connectivity index (χ0v) is 12.2. The van der Waals surface area contributed by atoms with Gasteiger partial charge in [0, 0.05) is 17.0 Å². The van der Waals surface area contributed by atoms with Gasteiger partial charge in [-0.3, -0.25) is 0 Å². The van der Waals surface area contributed by atoms with Crippen LogP contribution in [0.2, 0.25) is 5.02 Å². The molecule has 0 heterocycles. The van der Waals surface area contributed by atoms with Crippen molar-refractivity contribution in [3.05, 3.63) is 34.9 Å². The fourth-order valence-corrected chi connectivity index (χ4v) is 3.32. The van der Waals surface area contributed by atoms with E-state index in [4.69, 9.17) is 17.3 Å². The second-order valence-electron chi connectivity index (χ2n) is 5.79. The van der Waals surface area contributed by atoms with Crippen molar-refractivity contribution in [2.45, 2.75) is 51.0 Å². The van der Waals surface area contributed by atoms with Crippen molar-refractivity contribution in [2.75, 3.05) is 6.54 Å². The third kappa shape index (κ3) is 3.50. The predicted octanol–water partition coefficient (Wildman–Crippen LogP) is 4.06. The summed E-state index contributed by atoms with van der Waals surface area (Å²) in [4.78, 5) is 0. The van der Waals surface area contributed by atoms with Crippen molar-refractivity contribution in [3.63, 3.8) is 0 Å². The van der Waals surface area contributed by atoms with Crippen LogP contribution in [0.25, 0.3) is 0 Å². The van der Waals surface area contributed by atoms with E-state index in [2.05, 4.69) is 0 Å². The van der Waals surface area contributed by atoms with E-state index < -0.39 is 6.10 Å². The first-order valence-corrected chi connectivity index (χ1v) is 7.69. The average Bonchev–Trinajstić information content (AvgIpc) is 2.39. The van der Waals surface area contributed by atoms with Gasteiger partial charge in [-0.15, -0.1) is 0 Å². The summed E-state index contributed by atoms with van der Waals surface area (Å²) in [5, 5.41) is 11.5. The molecule has 106 valence electrons. The van der Waals surface area contributed by atoms with Gasteiger partial charge in [0.2, 0.25) is 0 Å². The summed E-state index contributed by atoms with van der Waals surface area (Å²) in [5.41, 5.74) is 6.82. The van der Waals surface area contributed by atoms with E-state index in [1.807, 2.05) is 24.3 Å². The summed E-state index contributed by atoms with van der Waals surface area (Å²) in [5.74, 6) is 0.